The summed E-state index contributed by atoms with van der Waals surface area (Å²) in [5, 5.41) is 9.80. The molecule has 1 heteroatoms. The van der Waals surface area contributed by atoms with Crippen molar-refractivity contribution in [3.63, 3.8) is 0 Å². The zero-order valence-electron chi connectivity index (χ0n) is 3.72. The van der Waals surface area contributed by atoms with Gasteiger partial charge in [-0.15, -0.1) is 6.42 Å². The van der Waals surface area contributed by atoms with Gasteiger partial charge in [-0.05, 0) is 0 Å². The quantitative estimate of drug-likeness (QED) is 0.191. The Labute approximate surface area is 43.0 Å². The fraction of sp³-hybridized carbons (Fsp3) is 0. The van der Waals surface area contributed by atoms with Gasteiger partial charge in [0, 0.05) is 6.58 Å². The zero-order chi connectivity index (χ0) is 5.70. The van der Waals surface area contributed by atoms with Gasteiger partial charge in [0.15, 0.2) is 0 Å². The van der Waals surface area contributed by atoms with E-state index in [-0.39, 0.29) is 0 Å². The molecule has 0 saturated carbocycles. The molecular formula is C6H4O. The van der Waals surface area contributed by atoms with Gasteiger partial charge in [-0.25, -0.2) is 0 Å². The van der Waals surface area contributed by atoms with Crippen LogP contribution in [0, 0.1) is 18.9 Å². The van der Waals surface area contributed by atoms with Crippen molar-refractivity contribution in [2.75, 3.05) is 0 Å². The minimum absolute atomic E-state index is 0.516. The Bertz CT molecular complexity index is 126. The summed E-state index contributed by atoms with van der Waals surface area (Å²) in [6.45, 7) is 4.66. The van der Waals surface area contributed by atoms with E-state index >= 15 is 0 Å². The molecule has 34 valence electrons. The number of hydrogen-bond acceptors (Lipinski definition) is 1. The average molecular weight is 92.1 g/mol. The van der Waals surface area contributed by atoms with E-state index in [1.165, 1.54) is 6.08 Å². The van der Waals surface area contributed by atoms with Gasteiger partial charge in [-0.2, -0.15) is 0 Å². The summed E-state index contributed by atoms with van der Waals surface area (Å²) in [5.74, 6) is 1.60. The van der Waals surface area contributed by atoms with Crippen molar-refractivity contribution in [3.05, 3.63) is 24.5 Å². The summed E-state index contributed by atoms with van der Waals surface area (Å²) in [6.07, 6.45) is 7.11. The molecule has 0 aromatic heterocycles. The third-order valence-corrected chi connectivity index (χ3v) is 0.344. The van der Waals surface area contributed by atoms with Crippen LogP contribution >= 0.6 is 0 Å². The molecule has 1 nitrogen and oxygen atoms in total. The first kappa shape index (κ1) is 5.75. The Morgan fingerprint density at radius 1 is 1.86 bits per heavy atom. The Morgan fingerprint density at radius 3 is 2.57 bits per heavy atom. The maximum atomic E-state index is 9.80. The first-order valence-electron chi connectivity index (χ1n) is 1.69. The van der Waals surface area contributed by atoms with Crippen LogP contribution in [0.3, 0.4) is 0 Å². The summed E-state index contributed by atoms with van der Waals surface area (Å²) < 4.78 is 0. The van der Waals surface area contributed by atoms with Crippen molar-refractivity contribution in [1.29, 1.82) is 0 Å². The third kappa shape index (κ3) is 4.75. The summed E-state index contributed by atoms with van der Waals surface area (Å²) in [5.41, 5.74) is 0. The largest absolute Gasteiger partial charge is 0.834 e. The van der Waals surface area contributed by atoms with Gasteiger partial charge < -0.3 is 5.11 Å². The molecule has 7 heavy (non-hydrogen) atoms. The molecule has 0 atom stereocenters. The van der Waals surface area contributed by atoms with E-state index in [4.69, 9.17) is 6.42 Å². The highest BCUT2D eigenvalue weighted by molar-refractivity contribution is 5.15. The fourth-order valence-corrected chi connectivity index (χ4v) is 0.130. The lowest BCUT2D eigenvalue weighted by atomic mass is 10.5. The first-order chi connectivity index (χ1) is 3.27. The van der Waals surface area contributed by atoms with Crippen molar-refractivity contribution < 1.29 is 5.11 Å². The molecule has 0 bridgehead atoms. The normalized spacial score (nSPS) is 8.29. The van der Waals surface area contributed by atoms with Gasteiger partial charge in [-0.3, -0.25) is 0 Å². The standard InChI is InChI=1S/C6H4O/c1-3-4-5-6(2)7/h1-2,4-5H/b5-4+. The van der Waals surface area contributed by atoms with Gasteiger partial charge in [0.05, 0.1) is 12.2 Å². The smallest absolute Gasteiger partial charge is 0.124 e. The molecule has 0 rings (SSSR count). The van der Waals surface area contributed by atoms with Crippen LogP contribution in [0.2, 0.25) is 0 Å². The molecule has 0 radical (unpaired) electrons. The van der Waals surface area contributed by atoms with Crippen molar-refractivity contribution >= 4 is 0 Å². The second-order valence-corrected chi connectivity index (χ2v) is 0.902. The second-order valence-electron chi connectivity index (χ2n) is 0.902. The minimum atomic E-state index is -0.516. The minimum Gasteiger partial charge on any atom is -0.834 e. The Hall–Kier alpha value is -1.25. The van der Waals surface area contributed by atoms with E-state index in [1.807, 2.05) is 0 Å². The van der Waals surface area contributed by atoms with Crippen LogP contribution in [-0.4, -0.2) is 0 Å². The lowest BCUT2D eigenvalue weighted by Gasteiger charge is -1.82. The number of terminal acetylenes is 1. The molecule has 0 spiro atoms. The maximum Gasteiger partial charge on any atom is 0.124 e. The van der Waals surface area contributed by atoms with Crippen LogP contribution in [0.15, 0.2) is 17.9 Å². The topological polar surface area (TPSA) is 23.1 Å². The van der Waals surface area contributed by atoms with Gasteiger partial charge >= 0.3 is 0 Å². The highest BCUT2D eigenvalue weighted by Gasteiger charge is 1.71. The van der Waals surface area contributed by atoms with E-state index < -0.39 is 5.76 Å². The van der Waals surface area contributed by atoms with Gasteiger partial charge in [-0.1, -0.05) is 5.92 Å². The lowest BCUT2D eigenvalue weighted by molar-refractivity contribution is -0.294. The predicted octanol–water partition coefficient (Wildman–Crippen LogP) is -0.147. The molecule has 0 unspecified atom stereocenters. The molecule has 0 fully saturated rings. The Morgan fingerprint density at radius 2 is 2.43 bits per heavy atom. The van der Waals surface area contributed by atoms with Gasteiger partial charge in [0.1, 0.15) is 5.76 Å². The zero-order valence-corrected chi connectivity index (χ0v) is 3.72. The van der Waals surface area contributed by atoms with Crippen LogP contribution in [0.25, 0.3) is 0 Å². The first-order valence-corrected chi connectivity index (χ1v) is 1.69. The summed E-state index contributed by atoms with van der Waals surface area (Å²) >= 11 is 0. The summed E-state index contributed by atoms with van der Waals surface area (Å²) in [4.78, 5) is 0. The summed E-state index contributed by atoms with van der Waals surface area (Å²) in [7, 11) is 0. The maximum absolute atomic E-state index is 9.80. The van der Waals surface area contributed by atoms with E-state index in [0.717, 1.165) is 6.08 Å². The molecule has 0 aliphatic carbocycles. The highest BCUT2D eigenvalue weighted by atomic mass is 16.3. The van der Waals surface area contributed by atoms with Crippen LogP contribution < -0.4 is 5.11 Å². The lowest BCUT2D eigenvalue weighted by Crippen LogP contribution is -1.95. The monoisotopic (exact) mass is 92.0 g/mol. The van der Waals surface area contributed by atoms with Gasteiger partial charge in [0.25, 0.3) is 0 Å². The van der Waals surface area contributed by atoms with Crippen molar-refractivity contribution in [2.24, 2.45) is 0 Å². The van der Waals surface area contributed by atoms with Crippen molar-refractivity contribution in [2.45, 2.75) is 0 Å². The molecular weight excluding hydrogens is 88.1 g/mol. The molecule has 0 aromatic carbocycles. The van der Waals surface area contributed by atoms with Crippen LogP contribution in [0.4, 0.5) is 0 Å². The molecule has 0 aromatic rings. The predicted molar refractivity (Wildman–Crippen MR) is 25.8 cm³/mol. The Balaban J connectivity index is 3.53. The fourth-order valence-electron chi connectivity index (χ4n) is 0.130. The summed E-state index contributed by atoms with van der Waals surface area (Å²) in [6, 6.07) is 0. The highest BCUT2D eigenvalue weighted by Crippen LogP contribution is 1.75. The molecule has 0 aliphatic heterocycles. The third-order valence-electron chi connectivity index (χ3n) is 0.344. The van der Waals surface area contributed by atoms with Crippen LogP contribution in [0.5, 0.6) is 0 Å². The Kier molecular flexibility index (Phi) is 2.43. The van der Waals surface area contributed by atoms with Crippen LogP contribution in [-0.2, 0) is 0 Å². The number of allylic oxidation sites excluding steroid dienone is 2. The van der Waals surface area contributed by atoms with E-state index in [0.29, 0.717) is 0 Å². The van der Waals surface area contributed by atoms with E-state index in [2.05, 4.69) is 12.5 Å². The molecule has 0 heterocycles. The molecule has 0 saturated heterocycles. The van der Waals surface area contributed by atoms with Crippen LogP contribution in [0.1, 0.15) is 0 Å². The SMILES string of the molecule is C#C/C=C/C(=[CH+])[O-]. The molecule has 0 aliphatic rings. The van der Waals surface area contributed by atoms with E-state index in [9.17, 15) is 5.11 Å². The average Bonchev–Trinajstić information content (AvgIpc) is 1.61. The second kappa shape index (κ2) is 2.96. The van der Waals surface area contributed by atoms with Crippen molar-refractivity contribution in [1.82, 2.24) is 0 Å². The van der Waals surface area contributed by atoms with Gasteiger partial charge in [0.2, 0.25) is 0 Å². The molecule has 0 N–H and O–H groups in total. The number of hydrogen-bond donors (Lipinski definition) is 0. The van der Waals surface area contributed by atoms with Crippen molar-refractivity contribution in [3.8, 4) is 12.3 Å². The molecule has 0 amide bonds. The number of rotatable bonds is 1. The van der Waals surface area contributed by atoms with E-state index in [1.54, 1.807) is 0 Å².